The van der Waals surface area contributed by atoms with Crippen molar-refractivity contribution in [3.63, 3.8) is 0 Å². The van der Waals surface area contributed by atoms with Crippen LogP contribution in [-0.4, -0.2) is 30.7 Å². The molecule has 0 aliphatic carbocycles. The lowest BCUT2D eigenvalue weighted by Crippen LogP contribution is -2.30. The number of likely N-dealkylation sites (tertiary alicyclic amines) is 1. The van der Waals surface area contributed by atoms with Gasteiger partial charge < -0.3 is 4.74 Å². The van der Waals surface area contributed by atoms with Gasteiger partial charge in [0.1, 0.15) is 0 Å². The number of ether oxygens (including phenoxy) is 1. The van der Waals surface area contributed by atoms with Crippen molar-refractivity contribution < 1.29 is 4.74 Å². The molecule has 69 valence electrons. The molecular weight excluding hydrogens is 150 g/mol. The molecule has 0 spiro atoms. The highest BCUT2D eigenvalue weighted by atomic mass is 16.5. The minimum absolute atomic E-state index is 0.526. The molecule has 2 aliphatic rings. The second kappa shape index (κ2) is 3.75. The third kappa shape index (κ3) is 1.80. The molecule has 1 radical (unpaired) electrons. The normalized spacial score (nSPS) is 33.2. The Morgan fingerprint density at radius 2 is 2.42 bits per heavy atom. The van der Waals surface area contributed by atoms with Gasteiger partial charge in [0.05, 0.1) is 6.10 Å². The molecule has 2 rings (SSSR count). The van der Waals surface area contributed by atoms with Gasteiger partial charge in [0.2, 0.25) is 0 Å². The molecule has 2 heteroatoms. The third-order valence-corrected chi connectivity index (χ3v) is 2.95. The van der Waals surface area contributed by atoms with E-state index in [9.17, 15) is 0 Å². The summed E-state index contributed by atoms with van der Waals surface area (Å²) in [4.78, 5) is 2.50. The number of hydrogen-bond donors (Lipinski definition) is 0. The average Bonchev–Trinajstić information content (AvgIpc) is 2.65. The van der Waals surface area contributed by atoms with Crippen LogP contribution >= 0.6 is 0 Å². The highest BCUT2D eigenvalue weighted by Gasteiger charge is 2.25. The minimum atomic E-state index is 0.526. The lowest BCUT2D eigenvalue weighted by molar-refractivity contribution is 0.0818. The average molecular weight is 168 g/mol. The Hall–Kier alpha value is -0.0800. The van der Waals surface area contributed by atoms with Crippen LogP contribution in [0.5, 0.6) is 0 Å². The molecule has 1 unspecified atom stereocenters. The van der Waals surface area contributed by atoms with Crippen LogP contribution in [0.4, 0.5) is 0 Å². The molecule has 0 aromatic rings. The molecular formula is C10H18NO. The van der Waals surface area contributed by atoms with Gasteiger partial charge in [0, 0.05) is 19.2 Å². The SMILES string of the molecule is C[C]1CCCN1CC1CCCO1. The second-order valence-corrected chi connectivity index (χ2v) is 3.92. The summed E-state index contributed by atoms with van der Waals surface area (Å²) in [6, 6.07) is 1.56. The van der Waals surface area contributed by atoms with E-state index in [-0.39, 0.29) is 0 Å². The van der Waals surface area contributed by atoms with Gasteiger partial charge in [-0.05, 0) is 39.2 Å². The van der Waals surface area contributed by atoms with Gasteiger partial charge in [-0.25, -0.2) is 0 Å². The summed E-state index contributed by atoms with van der Waals surface area (Å²) >= 11 is 0. The molecule has 0 aromatic heterocycles. The summed E-state index contributed by atoms with van der Waals surface area (Å²) in [7, 11) is 0. The predicted octanol–water partition coefficient (Wildman–Crippen LogP) is 1.81. The monoisotopic (exact) mass is 168 g/mol. The zero-order valence-electron chi connectivity index (χ0n) is 7.88. The molecule has 1 atom stereocenters. The van der Waals surface area contributed by atoms with E-state index in [0.717, 1.165) is 13.2 Å². The Kier molecular flexibility index (Phi) is 2.66. The van der Waals surface area contributed by atoms with Gasteiger partial charge in [-0.15, -0.1) is 0 Å². The van der Waals surface area contributed by atoms with Crippen molar-refractivity contribution in [3.8, 4) is 0 Å². The first-order valence-electron chi connectivity index (χ1n) is 5.05. The lowest BCUT2D eigenvalue weighted by atomic mass is 10.2. The third-order valence-electron chi connectivity index (χ3n) is 2.95. The second-order valence-electron chi connectivity index (χ2n) is 3.92. The van der Waals surface area contributed by atoms with Crippen LogP contribution in [0, 0.1) is 6.04 Å². The lowest BCUT2D eigenvalue weighted by Gasteiger charge is -2.23. The van der Waals surface area contributed by atoms with Gasteiger partial charge in [-0.3, -0.25) is 4.90 Å². The maximum atomic E-state index is 5.61. The molecule has 0 bridgehead atoms. The molecule has 2 saturated heterocycles. The Morgan fingerprint density at radius 1 is 1.50 bits per heavy atom. The van der Waals surface area contributed by atoms with E-state index in [0.29, 0.717) is 6.10 Å². The van der Waals surface area contributed by atoms with Crippen molar-refractivity contribution >= 4 is 0 Å². The van der Waals surface area contributed by atoms with Crippen molar-refractivity contribution in [2.45, 2.75) is 38.7 Å². The van der Waals surface area contributed by atoms with Crippen LogP contribution in [0.3, 0.4) is 0 Å². The molecule has 2 nitrogen and oxygen atoms in total. The van der Waals surface area contributed by atoms with Crippen LogP contribution in [0.2, 0.25) is 0 Å². The summed E-state index contributed by atoms with van der Waals surface area (Å²) in [5, 5.41) is 0. The van der Waals surface area contributed by atoms with Crippen molar-refractivity contribution in [1.29, 1.82) is 0 Å². The number of rotatable bonds is 2. The van der Waals surface area contributed by atoms with Gasteiger partial charge in [0.25, 0.3) is 0 Å². The van der Waals surface area contributed by atoms with Crippen LogP contribution in [-0.2, 0) is 4.74 Å². The zero-order chi connectivity index (χ0) is 8.39. The highest BCUT2D eigenvalue weighted by molar-refractivity contribution is 4.92. The fourth-order valence-corrected chi connectivity index (χ4v) is 2.16. The molecule has 0 aromatic carbocycles. The molecule has 2 aliphatic heterocycles. The standard InChI is InChI=1S/C10H18NO/c1-9-4-2-6-11(9)8-10-5-3-7-12-10/h10H,2-8H2,1H3. The fourth-order valence-electron chi connectivity index (χ4n) is 2.16. The summed E-state index contributed by atoms with van der Waals surface area (Å²) in [5.74, 6) is 0. The summed E-state index contributed by atoms with van der Waals surface area (Å²) in [6.45, 7) is 5.64. The number of hydrogen-bond acceptors (Lipinski definition) is 2. The van der Waals surface area contributed by atoms with Gasteiger partial charge in [-0.2, -0.15) is 0 Å². The summed E-state index contributed by atoms with van der Waals surface area (Å²) in [6.07, 6.45) is 5.70. The van der Waals surface area contributed by atoms with E-state index in [1.807, 2.05) is 0 Å². The molecule has 12 heavy (non-hydrogen) atoms. The quantitative estimate of drug-likeness (QED) is 0.623. The Labute approximate surface area is 74.9 Å². The minimum Gasteiger partial charge on any atom is -0.377 e. The van der Waals surface area contributed by atoms with Crippen molar-refractivity contribution in [2.75, 3.05) is 19.7 Å². The maximum absolute atomic E-state index is 5.61. The largest absolute Gasteiger partial charge is 0.377 e. The van der Waals surface area contributed by atoms with Gasteiger partial charge >= 0.3 is 0 Å². The van der Waals surface area contributed by atoms with Gasteiger partial charge in [-0.1, -0.05) is 0 Å². The molecule has 2 fully saturated rings. The van der Waals surface area contributed by atoms with E-state index in [1.165, 1.54) is 32.2 Å². The van der Waals surface area contributed by atoms with E-state index >= 15 is 0 Å². The zero-order valence-corrected chi connectivity index (χ0v) is 7.88. The Morgan fingerprint density at radius 3 is 3.00 bits per heavy atom. The van der Waals surface area contributed by atoms with E-state index in [2.05, 4.69) is 11.8 Å². The summed E-state index contributed by atoms with van der Waals surface area (Å²) in [5.41, 5.74) is 0. The maximum Gasteiger partial charge on any atom is 0.0703 e. The first-order valence-corrected chi connectivity index (χ1v) is 5.05. The van der Waals surface area contributed by atoms with E-state index in [1.54, 1.807) is 6.04 Å². The van der Waals surface area contributed by atoms with Crippen LogP contribution in [0.25, 0.3) is 0 Å². The van der Waals surface area contributed by atoms with E-state index < -0.39 is 0 Å². The fraction of sp³-hybridized carbons (Fsp3) is 0.900. The smallest absolute Gasteiger partial charge is 0.0703 e. The first-order chi connectivity index (χ1) is 5.86. The van der Waals surface area contributed by atoms with Gasteiger partial charge in [0.15, 0.2) is 0 Å². The highest BCUT2D eigenvalue weighted by Crippen LogP contribution is 2.25. The topological polar surface area (TPSA) is 12.5 Å². The summed E-state index contributed by atoms with van der Waals surface area (Å²) < 4.78 is 5.61. The molecule has 0 saturated carbocycles. The van der Waals surface area contributed by atoms with Crippen LogP contribution in [0.15, 0.2) is 0 Å². The van der Waals surface area contributed by atoms with Crippen molar-refractivity contribution in [2.24, 2.45) is 0 Å². The van der Waals surface area contributed by atoms with Crippen LogP contribution < -0.4 is 0 Å². The Bertz CT molecular complexity index is 143. The predicted molar refractivity (Wildman–Crippen MR) is 48.7 cm³/mol. The molecule has 0 N–H and O–H groups in total. The van der Waals surface area contributed by atoms with Crippen molar-refractivity contribution in [3.05, 3.63) is 6.04 Å². The molecule has 0 amide bonds. The number of nitrogens with zero attached hydrogens (tertiary/aromatic N) is 1. The van der Waals surface area contributed by atoms with Crippen LogP contribution in [0.1, 0.15) is 32.6 Å². The van der Waals surface area contributed by atoms with E-state index in [4.69, 9.17) is 4.74 Å². The Balaban J connectivity index is 1.77. The molecule has 2 heterocycles. The first kappa shape index (κ1) is 8.52. The van der Waals surface area contributed by atoms with Crippen molar-refractivity contribution in [1.82, 2.24) is 4.90 Å².